The molecule has 0 aromatic rings. The van der Waals surface area contributed by atoms with Crippen molar-refractivity contribution in [3.05, 3.63) is 24.3 Å². The van der Waals surface area contributed by atoms with E-state index in [4.69, 9.17) is 4.74 Å². The van der Waals surface area contributed by atoms with Crippen LogP contribution in [0.5, 0.6) is 0 Å². The smallest absolute Gasteiger partial charge is 0.149 e. The number of hydrogen-bond donors (Lipinski definition) is 0. The Bertz CT molecular complexity index is 316. The highest BCUT2D eigenvalue weighted by Gasteiger charge is 2.34. The normalized spacial score (nSPS) is 18.5. The molecule has 108 valence electrons. The number of Topliss-reactive ketones (excluding diaryl/α,β-unsaturated/α-hetero) is 1. The summed E-state index contributed by atoms with van der Waals surface area (Å²) in [5.41, 5.74) is -0.507. The largest absolute Gasteiger partial charge is 0.383 e. The zero-order valence-electron chi connectivity index (χ0n) is 12.7. The maximum atomic E-state index is 12.7. The minimum atomic E-state index is -0.507. The maximum Gasteiger partial charge on any atom is 0.149 e. The lowest BCUT2D eigenvalue weighted by Gasteiger charge is -2.28. The zero-order valence-corrected chi connectivity index (χ0v) is 12.7. The van der Waals surface area contributed by atoms with Gasteiger partial charge in [-0.25, -0.2) is 0 Å². The monoisotopic (exact) mass is 264 g/mol. The van der Waals surface area contributed by atoms with Crippen molar-refractivity contribution in [2.24, 2.45) is 11.3 Å². The van der Waals surface area contributed by atoms with E-state index in [1.165, 1.54) is 12.8 Å². The molecule has 0 radical (unpaired) electrons. The van der Waals surface area contributed by atoms with Gasteiger partial charge in [-0.1, -0.05) is 63.8 Å². The van der Waals surface area contributed by atoms with Crippen LogP contribution in [0.3, 0.4) is 0 Å². The van der Waals surface area contributed by atoms with Crippen LogP contribution >= 0.6 is 0 Å². The summed E-state index contributed by atoms with van der Waals surface area (Å²) in [6.07, 6.45) is 14.5. The van der Waals surface area contributed by atoms with Crippen molar-refractivity contribution in [2.75, 3.05) is 13.7 Å². The highest BCUT2D eigenvalue weighted by atomic mass is 16.5. The van der Waals surface area contributed by atoms with Gasteiger partial charge in [0, 0.05) is 13.5 Å². The second-order valence-corrected chi connectivity index (χ2v) is 5.56. The van der Waals surface area contributed by atoms with Crippen LogP contribution in [-0.4, -0.2) is 19.5 Å². The molecule has 1 aliphatic carbocycles. The molecule has 1 unspecified atom stereocenters. The van der Waals surface area contributed by atoms with Gasteiger partial charge in [0.1, 0.15) is 5.78 Å². The molecule has 0 bridgehead atoms. The van der Waals surface area contributed by atoms with E-state index in [1.807, 2.05) is 12.2 Å². The van der Waals surface area contributed by atoms with Gasteiger partial charge in [0.05, 0.1) is 12.0 Å². The molecule has 0 aliphatic heterocycles. The standard InChI is InChI=1S/C17H28O2/c1-4-6-10-15(5-2)13-16(18)17(14-19-3)11-8-7-9-12-17/h8-9,11-12,15H,4-7,10,13-14H2,1-3H3. The molecule has 0 fully saturated rings. The fourth-order valence-electron chi connectivity index (χ4n) is 2.69. The first-order chi connectivity index (χ1) is 9.18. The van der Waals surface area contributed by atoms with Crippen molar-refractivity contribution >= 4 is 5.78 Å². The van der Waals surface area contributed by atoms with Crippen LogP contribution in [0.4, 0.5) is 0 Å². The number of ketones is 1. The molecule has 2 heteroatoms. The third-order valence-corrected chi connectivity index (χ3v) is 4.02. The molecule has 1 rings (SSSR count). The third kappa shape index (κ3) is 4.61. The molecule has 2 nitrogen and oxygen atoms in total. The van der Waals surface area contributed by atoms with E-state index >= 15 is 0 Å². The Morgan fingerprint density at radius 2 is 2.00 bits per heavy atom. The van der Waals surface area contributed by atoms with Crippen molar-refractivity contribution in [3.8, 4) is 0 Å². The van der Waals surface area contributed by atoms with E-state index in [0.29, 0.717) is 24.7 Å². The van der Waals surface area contributed by atoms with E-state index in [0.717, 1.165) is 19.3 Å². The van der Waals surface area contributed by atoms with Crippen LogP contribution in [0.25, 0.3) is 0 Å². The summed E-state index contributed by atoms with van der Waals surface area (Å²) in [6, 6.07) is 0. The lowest BCUT2D eigenvalue weighted by atomic mass is 9.76. The second kappa shape index (κ2) is 8.31. The van der Waals surface area contributed by atoms with Crippen molar-refractivity contribution in [3.63, 3.8) is 0 Å². The number of carbonyl (C=O) groups is 1. The van der Waals surface area contributed by atoms with Gasteiger partial charge in [-0.2, -0.15) is 0 Å². The van der Waals surface area contributed by atoms with Gasteiger partial charge < -0.3 is 4.74 Å². The second-order valence-electron chi connectivity index (χ2n) is 5.56. The molecular weight excluding hydrogens is 236 g/mol. The Balaban J connectivity index is 2.69. The quantitative estimate of drug-likeness (QED) is 0.580. The van der Waals surface area contributed by atoms with Crippen molar-refractivity contribution in [1.82, 2.24) is 0 Å². The summed E-state index contributed by atoms with van der Waals surface area (Å²) in [7, 11) is 1.67. The molecular formula is C17H28O2. The number of unbranched alkanes of at least 4 members (excludes halogenated alkanes) is 1. The van der Waals surface area contributed by atoms with Gasteiger partial charge in [0.15, 0.2) is 0 Å². The predicted octanol–water partition coefficient (Wildman–Crippen LogP) is 4.31. The summed E-state index contributed by atoms with van der Waals surface area (Å²) in [5.74, 6) is 0.828. The number of allylic oxidation sites excluding steroid dienone is 2. The van der Waals surface area contributed by atoms with E-state index in [1.54, 1.807) is 7.11 Å². The van der Waals surface area contributed by atoms with Crippen molar-refractivity contribution < 1.29 is 9.53 Å². The van der Waals surface area contributed by atoms with Crippen molar-refractivity contribution in [1.29, 1.82) is 0 Å². The van der Waals surface area contributed by atoms with Crippen LogP contribution in [-0.2, 0) is 9.53 Å². The van der Waals surface area contributed by atoms with Gasteiger partial charge in [-0.05, 0) is 12.3 Å². The van der Waals surface area contributed by atoms with E-state index in [-0.39, 0.29) is 0 Å². The van der Waals surface area contributed by atoms with Gasteiger partial charge >= 0.3 is 0 Å². The fourth-order valence-corrected chi connectivity index (χ4v) is 2.69. The average Bonchev–Trinajstić information content (AvgIpc) is 2.44. The van der Waals surface area contributed by atoms with E-state index in [2.05, 4.69) is 26.0 Å². The lowest BCUT2D eigenvalue weighted by molar-refractivity contribution is -0.127. The van der Waals surface area contributed by atoms with E-state index < -0.39 is 5.41 Å². The number of rotatable bonds is 9. The van der Waals surface area contributed by atoms with Gasteiger partial charge in [0.25, 0.3) is 0 Å². The Hall–Kier alpha value is -0.890. The average molecular weight is 264 g/mol. The van der Waals surface area contributed by atoms with Gasteiger partial charge in [0.2, 0.25) is 0 Å². The molecule has 19 heavy (non-hydrogen) atoms. The molecule has 0 saturated heterocycles. The SMILES string of the molecule is CCCCC(CC)CC(=O)C1(COC)C=CCC=C1. The zero-order chi connectivity index (χ0) is 14.1. The molecule has 0 heterocycles. The molecule has 1 atom stereocenters. The van der Waals surface area contributed by atoms with Crippen molar-refractivity contribution in [2.45, 2.75) is 52.4 Å². The number of carbonyl (C=O) groups excluding carboxylic acids is 1. The number of hydrogen-bond acceptors (Lipinski definition) is 2. The Morgan fingerprint density at radius 3 is 2.53 bits per heavy atom. The molecule has 0 amide bonds. The number of ether oxygens (including phenoxy) is 1. The van der Waals surface area contributed by atoms with Crippen LogP contribution in [0, 0.1) is 11.3 Å². The Labute approximate surface area is 117 Å². The van der Waals surface area contributed by atoms with Crippen LogP contribution in [0.2, 0.25) is 0 Å². The fraction of sp³-hybridized carbons (Fsp3) is 0.706. The predicted molar refractivity (Wildman–Crippen MR) is 80.1 cm³/mol. The molecule has 0 aromatic heterocycles. The van der Waals surface area contributed by atoms with Gasteiger partial charge in [-0.15, -0.1) is 0 Å². The molecule has 0 spiro atoms. The topological polar surface area (TPSA) is 26.3 Å². The Morgan fingerprint density at radius 1 is 1.32 bits per heavy atom. The summed E-state index contributed by atoms with van der Waals surface area (Å²) in [4.78, 5) is 12.7. The highest BCUT2D eigenvalue weighted by Crippen LogP contribution is 2.31. The molecule has 1 aliphatic rings. The number of methoxy groups -OCH3 is 1. The van der Waals surface area contributed by atoms with Crippen LogP contribution < -0.4 is 0 Å². The summed E-state index contributed by atoms with van der Waals surface area (Å²) in [6.45, 7) is 4.85. The molecule has 0 N–H and O–H groups in total. The first-order valence-electron chi connectivity index (χ1n) is 7.56. The minimum absolute atomic E-state index is 0.310. The molecule has 0 saturated carbocycles. The third-order valence-electron chi connectivity index (χ3n) is 4.02. The van der Waals surface area contributed by atoms with Crippen LogP contribution in [0.1, 0.15) is 52.4 Å². The van der Waals surface area contributed by atoms with Crippen LogP contribution in [0.15, 0.2) is 24.3 Å². The first-order valence-corrected chi connectivity index (χ1v) is 7.56. The molecule has 0 aromatic carbocycles. The summed E-state index contributed by atoms with van der Waals surface area (Å²) < 4.78 is 5.28. The maximum absolute atomic E-state index is 12.7. The Kier molecular flexibility index (Phi) is 7.07. The summed E-state index contributed by atoms with van der Waals surface area (Å²) >= 11 is 0. The van der Waals surface area contributed by atoms with E-state index in [9.17, 15) is 4.79 Å². The lowest BCUT2D eigenvalue weighted by Crippen LogP contribution is -2.34. The highest BCUT2D eigenvalue weighted by molar-refractivity contribution is 5.89. The minimum Gasteiger partial charge on any atom is -0.383 e. The van der Waals surface area contributed by atoms with Gasteiger partial charge in [-0.3, -0.25) is 4.79 Å². The first kappa shape index (κ1) is 16.2. The summed E-state index contributed by atoms with van der Waals surface area (Å²) in [5, 5.41) is 0.